The molecular formula is C14H29Cl2N3O. The van der Waals surface area contributed by atoms with Crippen LogP contribution in [0.15, 0.2) is 0 Å². The lowest BCUT2D eigenvalue weighted by molar-refractivity contribution is -0.121. The van der Waals surface area contributed by atoms with Gasteiger partial charge in [-0.15, -0.1) is 24.8 Å². The van der Waals surface area contributed by atoms with Gasteiger partial charge in [-0.1, -0.05) is 0 Å². The van der Waals surface area contributed by atoms with E-state index in [4.69, 9.17) is 0 Å². The summed E-state index contributed by atoms with van der Waals surface area (Å²) in [4.78, 5) is 14.1. The fourth-order valence-corrected chi connectivity index (χ4v) is 2.66. The molecule has 6 heteroatoms. The number of carbonyl (C=O) groups is 1. The summed E-state index contributed by atoms with van der Waals surface area (Å²) < 4.78 is 0. The van der Waals surface area contributed by atoms with E-state index in [-0.39, 0.29) is 30.7 Å². The fraction of sp³-hybridized carbons (Fsp3) is 0.929. The largest absolute Gasteiger partial charge is 0.355 e. The van der Waals surface area contributed by atoms with E-state index in [9.17, 15) is 4.79 Å². The second kappa shape index (κ2) is 10.7. The third kappa shape index (κ3) is 7.67. The molecule has 2 fully saturated rings. The Morgan fingerprint density at radius 2 is 1.85 bits per heavy atom. The van der Waals surface area contributed by atoms with Crippen molar-refractivity contribution in [2.45, 2.75) is 44.6 Å². The molecule has 0 aromatic rings. The van der Waals surface area contributed by atoms with Gasteiger partial charge in [0.05, 0.1) is 0 Å². The molecule has 0 spiro atoms. The molecule has 1 aliphatic heterocycles. The van der Waals surface area contributed by atoms with Crippen LogP contribution < -0.4 is 10.6 Å². The first-order valence-electron chi connectivity index (χ1n) is 7.43. The Labute approximate surface area is 135 Å². The van der Waals surface area contributed by atoms with Crippen LogP contribution in [0.5, 0.6) is 0 Å². The molecule has 1 aliphatic carbocycles. The van der Waals surface area contributed by atoms with Crippen molar-refractivity contribution in [3.8, 4) is 0 Å². The Morgan fingerprint density at radius 3 is 2.45 bits per heavy atom. The number of hydrogen-bond acceptors (Lipinski definition) is 3. The van der Waals surface area contributed by atoms with Crippen LogP contribution in [-0.4, -0.2) is 50.1 Å². The lowest BCUT2D eigenvalue weighted by Crippen LogP contribution is -2.34. The number of amides is 1. The van der Waals surface area contributed by atoms with Crippen molar-refractivity contribution in [3.63, 3.8) is 0 Å². The molecule has 0 bridgehead atoms. The Kier molecular flexibility index (Phi) is 10.6. The number of rotatable bonds is 7. The summed E-state index contributed by atoms with van der Waals surface area (Å²) in [5.41, 5.74) is 0. The minimum atomic E-state index is 0. The average molecular weight is 326 g/mol. The van der Waals surface area contributed by atoms with Crippen molar-refractivity contribution in [2.24, 2.45) is 5.92 Å². The van der Waals surface area contributed by atoms with Gasteiger partial charge in [0.15, 0.2) is 0 Å². The number of piperidine rings is 1. The molecule has 0 atom stereocenters. The Hall–Kier alpha value is -0.0300. The quantitative estimate of drug-likeness (QED) is 0.750. The first-order chi connectivity index (χ1) is 8.75. The molecular weight excluding hydrogens is 297 g/mol. The van der Waals surface area contributed by atoms with E-state index in [2.05, 4.69) is 22.6 Å². The van der Waals surface area contributed by atoms with Crippen LogP contribution in [0.3, 0.4) is 0 Å². The molecule has 2 aliphatic rings. The highest BCUT2D eigenvalue weighted by Gasteiger charge is 2.25. The SMILES string of the molecule is CN(CCNC(=O)CCC1CCNCC1)C1CC1.Cl.Cl. The molecule has 1 saturated carbocycles. The number of nitrogens with one attached hydrogen (secondary N) is 2. The van der Waals surface area contributed by atoms with Gasteiger partial charge in [-0.05, 0) is 58.2 Å². The highest BCUT2D eigenvalue weighted by molar-refractivity contribution is 5.85. The number of halogens is 2. The number of nitrogens with zero attached hydrogens (tertiary/aromatic N) is 1. The molecule has 0 aromatic heterocycles. The molecule has 1 amide bonds. The monoisotopic (exact) mass is 325 g/mol. The maximum Gasteiger partial charge on any atom is 0.220 e. The van der Waals surface area contributed by atoms with Crippen molar-refractivity contribution < 1.29 is 4.79 Å². The van der Waals surface area contributed by atoms with Gasteiger partial charge in [0.1, 0.15) is 0 Å². The van der Waals surface area contributed by atoms with E-state index in [0.29, 0.717) is 6.42 Å². The molecule has 120 valence electrons. The molecule has 20 heavy (non-hydrogen) atoms. The van der Waals surface area contributed by atoms with Gasteiger partial charge in [0.25, 0.3) is 0 Å². The van der Waals surface area contributed by atoms with Gasteiger partial charge in [-0.3, -0.25) is 4.79 Å². The van der Waals surface area contributed by atoms with Crippen LogP contribution in [0.25, 0.3) is 0 Å². The van der Waals surface area contributed by atoms with Gasteiger partial charge < -0.3 is 15.5 Å². The van der Waals surface area contributed by atoms with Gasteiger partial charge in [0, 0.05) is 25.6 Å². The fourth-order valence-electron chi connectivity index (χ4n) is 2.66. The summed E-state index contributed by atoms with van der Waals surface area (Å²) in [6.45, 7) is 4.04. The summed E-state index contributed by atoms with van der Waals surface area (Å²) in [5.74, 6) is 0.990. The van der Waals surface area contributed by atoms with Gasteiger partial charge in [-0.2, -0.15) is 0 Å². The normalized spacial score (nSPS) is 19.1. The van der Waals surface area contributed by atoms with E-state index >= 15 is 0 Å². The second-order valence-electron chi connectivity index (χ2n) is 5.79. The van der Waals surface area contributed by atoms with Crippen molar-refractivity contribution in [3.05, 3.63) is 0 Å². The minimum Gasteiger partial charge on any atom is -0.355 e. The first-order valence-corrected chi connectivity index (χ1v) is 7.43. The smallest absolute Gasteiger partial charge is 0.220 e. The minimum absolute atomic E-state index is 0. The van der Waals surface area contributed by atoms with E-state index in [1.54, 1.807) is 0 Å². The summed E-state index contributed by atoms with van der Waals surface area (Å²) in [6, 6.07) is 0.789. The van der Waals surface area contributed by atoms with E-state index in [1.165, 1.54) is 25.7 Å². The van der Waals surface area contributed by atoms with E-state index in [0.717, 1.165) is 44.6 Å². The molecule has 2 rings (SSSR count). The van der Waals surface area contributed by atoms with Crippen LogP contribution in [-0.2, 0) is 4.79 Å². The van der Waals surface area contributed by atoms with Crippen molar-refractivity contribution >= 4 is 30.7 Å². The van der Waals surface area contributed by atoms with Gasteiger partial charge in [-0.25, -0.2) is 0 Å². The standard InChI is InChI=1S/C14H27N3O.2ClH/c1-17(13-3-4-13)11-10-16-14(18)5-2-12-6-8-15-9-7-12;;/h12-13,15H,2-11H2,1H3,(H,16,18);2*1H. The molecule has 4 nitrogen and oxygen atoms in total. The van der Waals surface area contributed by atoms with Crippen LogP contribution in [0.4, 0.5) is 0 Å². The summed E-state index contributed by atoms with van der Waals surface area (Å²) in [7, 11) is 2.15. The predicted octanol–water partition coefficient (Wildman–Crippen LogP) is 1.82. The van der Waals surface area contributed by atoms with Gasteiger partial charge in [0.2, 0.25) is 5.91 Å². The topological polar surface area (TPSA) is 44.4 Å². The highest BCUT2D eigenvalue weighted by Crippen LogP contribution is 2.24. The molecule has 0 unspecified atom stereocenters. The Bertz CT molecular complexity index is 269. The lowest BCUT2D eigenvalue weighted by Gasteiger charge is -2.22. The van der Waals surface area contributed by atoms with Crippen molar-refractivity contribution in [2.75, 3.05) is 33.2 Å². The highest BCUT2D eigenvalue weighted by atomic mass is 35.5. The van der Waals surface area contributed by atoms with Crippen molar-refractivity contribution in [1.29, 1.82) is 0 Å². The number of likely N-dealkylation sites (N-methyl/N-ethyl adjacent to an activating group) is 1. The third-order valence-electron chi connectivity index (χ3n) is 4.20. The Morgan fingerprint density at radius 1 is 1.20 bits per heavy atom. The number of carbonyl (C=O) groups excluding carboxylic acids is 1. The second-order valence-corrected chi connectivity index (χ2v) is 5.79. The summed E-state index contributed by atoms with van der Waals surface area (Å²) >= 11 is 0. The summed E-state index contributed by atoms with van der Waals surface area (Å²) in [6.07, 6.45) is 6.90. The molecule has 0 aromatic carbocycles. The maximum absolute atomic E-state index is 11.7. The lowest BCUT2D eigenvalue weighted by atomic mass is 9.93. The van der Waals surface area contributed by atoms with Crippen LogP contribution in [0.1, 0.15) is 38.5 Å². The van der Waals surface area contributed by atoms with E-state index < -0.39 is 0 Å². The van der Waals surface area contributed by atoms with E-state index in [1.807, 2.05) is 0 Å². The summed E-state index contributed by atoms with van der Waals surface area (Å²) in [5, 5.41) is 6.40. The average Bonchev–Trinajstić information content (AvgIpc) is 3.22. The van der Waals surface area contributed by atoms with Crippen LogP contribution in [0.2, 0.25) is 0 Å². The maximum atomic E-state index is 11.7. The van der Waals surface area contributed by atoms with Crippen LogP contribution in [0, 0.1) is 5.92 Å². The zero-order chi connectivity index (χ0) is 12.8. The molecule has 1 heterocycles. The van der Waals surface area contributed by atoms with Crippen molar-refractivity contribution in [1.82, 2.24) is 15.5 Å². The molecule has 2 N–H and O–H groups in total. The zero-order valence-corrected chi connectivity index (χ0v) is 14.0. The van der Waals surface area contributed by atoms with Crippen LogP contribution >= 0.6 is 24.8 Å². The molecule has 1 saturated heterocycles. The number of hydrogen-bond donors (Lipinski definition) is 2. The molecule has 0 radical (unpaired) electrons. The zero-order valence-electron chi connectivity index (χ0n) is 12.4. The van der Waals surface area contributed by atoms with Gasteiger partial charge >= 0.3 is 0 Å². The first kappa shape index (κ1) is 20.0. The predicted molar refractivity (Wildman–Crippen MR) is 88.0 cm³/mol. The Balaban J connectivity index is 0.00000180. The third-order valence-corrected chi connectivity index (χ3v) is 4.20.